The number of rotatable bonds is 5. The number of hydrogen-bond acceptors (Lipinski definition) is 5. The summed E-state index contributed by atoms with van der Waals surface area (Å²) in [6.07, 6.45) is 7.95. The summed E-state index contributed by atoms with van der Waals surface area (Å²) in [7, 11) is 0. The lowest BCUT2D eigenvalue weighted by Crippen LogP contribution is -2.43. The highest BCUT2D eigenvalue weighted by molar-refractivity contribution is 6.31. The second-order valence-electron chi connectivity index (χ2n) is 7.18. The molecule has 3 aromatic rings. The van der Waals surface area contributed by atoms with E-state index >= 15 is 0 Å². The van der Waals surface area contributed by atoms with Crippen LogP contribution in [0.3, 0.4) is 0 Å². The molecule has 9 heteroatoms. The monoisotopic (exact) mass is 416 g/mol. The fourth-order valence-corrected chi connectivity index (χ4v) is 4.02. The van der Waals surface area contributed by atoms with Crippen LogP contribution in [0.5, 0.6) is 0 Å². The van der Waals surface area contributed by atoms with Gasteiger partial charge in [-0.2, -0.15) is 0 Å². The van der Waals surface area contributed by atoms with Crippen molar-refractivity contribution in [2.24, 2.45) is 5.92 Å². The number of pyridine rings is 1. The van der Waals surface area contributed by atoms with Crippen molar-refractivity contribution >= 4 is 34.4 Å². The number of fused-ring (bicyclic) bond motifs is 1. The summed E-state index contributed by atoms with van der Waals surface area (Å²) in [5.74, 6) is -0.311. The van der Waals surface area contributed by atoms with Crippen LogP contribution in [0.1, 0.15) is 32.6 Å². The highest BCUT2D eigenvalue weighted by Gasteiger charge is 2.31. The Bertz CT molecular complexity index is 1040. The Morgan fingerprint density at radius 3 is 2.97 bits per heavy atom. The smallest absolute Gasteiger partial charge is 0.225 e. The average Bonchev–Trinajstić information content (AvgIpc) is 3.13. The van der Waals surface area contributed by atoms with Crippen molar-refractivity contribution in [3.63, 3.8) is 0 Å². The molecule has 2 atom stereocenters. The molecule has 3 aromatic heterocycles. The number of nitrogens with one attached hydrogen (secondary N) is 3. The van der Waals surface area contributed by atoms with E-state index in [9.17, 15) is 9.18 Å². The molecule has 0 bridgehead atoms. The van der Waals surface area contributed by atoms with Crippen LogP contribution >= 0.6 is 11.6 Å². The van der Waals surface area contributed by atoms with Crippen molar-refractivity contribution in [1.82, 2.24) is 25.3 Å². The topological polar surface area (TPSA) is 95.6 Å². The Hall–Kier alpha value is -2.74. The first-order chi connectivity index (χ1) is 14.1. The molecular weight excluding hydrogens is 395 g/mol. The molecule has 7 nitrogen and oxygen atoms in total. The van der Waals surface area contributed by atoms with Crippen molar-refractivity contribution in [3.05, 3.63) is 35.5 Å². The molecule has 0 aromatic carbocycles. The molecule has 1 unspecified atom stereocenters. The van der Waals surface area contributed by atoms with Gasteiger partial charge in [0.25, 0.3) is 0 Å². The molecule has 152 valence electrons. The summed E-state index contributed by atoms with van der Waals surface area (Å²) < 4.78 is 14.5. The molecule has 0 saturated heterocycles. The van der Waals surface area contributed by atoms with Crippen molar-refractivity contribution in [1.29, 1.82) is 0 Å². The number of carbonyl (C=O) groups excluding carboxylic acids is 1. The zero-order valence-corrected chi connectivity index (χ0v) is 16.8. The van der Waals surface area contributed by atoms with Gasteiger partial charge in [0.2, 0.25) is 5.91 Å². The van der Waals surface area contributed by atoms with Gasteiger partial charge < -0.3 is 15.6 Å². The van der Waals surface area contributed by atoms with Crippen LogP contribution < -0.4 is 10.6 Å². The van der Waals surface area contributed by atoms with Crippen LogP contribution in [-0.2, 0) is 4.79 Å². The van der Waals surface area contributed by atoms with E-state index in [-0.39, 0.29) is 23.7 Å². The molecule has 0 aliphatic heterocycles. The number of aromatic nitrogens is 4. The number of H-pyrrole nitrogens is 1. The second-order valence-corrected chi connectivity index (χ2v) is 7.62. The Balaban J connectivity index is 1.64. The van der Waals surface area contributed by atoms with Gasteiger partial charge in [0, 0.05) is 35.9 Å². The molecule has 4 rings (SSSR count). The first-order valence-electron chi connectivity index (χ1n) is 9.76. The predicted molar refractivity (Wildman–Crippen MR) is 110 cm³/mol. The van der Waals surface area contributed by atoms with Crippen LogP contribution in [0.15, 0.2) is 24.7 Å². The number of hydrogen-bond donors (Lipinski definition) is 3. The lowest BCUT2D eigenvalue weighted by molar-refractivity contribution is -0.126. The van der Waals surface area contributed by atoms with Gasteiger partial charge in [-0.3, -0.25) is 4.79 Å². The van der Waals surface area contributed by atoms with Gasteiger partial charge in [-0.1, -0.05) is 24.4 Å². The maximum absolute atomic E-state index is 14.5. The first kappa shape index (κ1) is 19.6. The molecule has 1 saturated carbocycles. The summed E-state index contributed by atoms with van der Waals surface area (Å²) >= 11 is 6.06. The maximum Gasteiger partial charge on any atom is 0.225 e. The number of aromatic amines is 1. The third-order valence-corrected chi connectivity index (χ3v) is 5.47. The lowest BCUT2D eigenvalue weighted by atomic mass is 9.84. The molecule has 1 aliphatic carbocycles. The van der Waals surface area contributed by atoms with Gasteiger partial charge >= 0.3 is 0 Å². The predicted octanol–water partition coefficient (Wildman–Crippen LogP) is 3.92. The highest BCUT2D eigenvalue weighted by atomic mass is 35.5. The molecule has 0 spiro atoms. The fraction of sp³-hybridized carbons (Fsp3) is 0.400. The van der Waals surface area contributed by atoms with E-state index in [2.05, 4.69) is 30.6 Å². The molecule has 3 heterocycles. The van der Waals surface area contributed by atoms with Crippen LogP contribution in [0, 0.1) is 11.7 Å². The zero-order valence-electron chi connectivity index (χ0n) is 16.0. The standard InChI is InChI=1S/C20H22ClFN6O/c1-2-23-20(29)12-5-3-4-6-16(12)27-19-15(22)10-26-18(28-19)14-9-25-17-13(14)7-11(21)8-24-17/h7-10,12,16H,2-6H2,1H3,(H,23,29)(H,24,25)(H,26,27,28)/t12-,16?/m0/s1. The van der Waals surface area contributed by atoms with Crippen LogP contribution in [0.4, 0.5) is 10.2 Å². The van der Waals surface area contributed by atoms with Crippen LogP contribution in [0.25, 0.3) is 22.4 Å². The minimum Gasteiger partial charge on any atom is -0.364 e. The molecule has 1 amide bonds. The van der Waals surface area contributed by atoms with E-state index in [1.54, 1.807) is 18.5 Å². The summed E-state index contributed by atoms with van der Waals surface area (Å²) in [5, 5.41) is 7.29. The van der Waals surface area contributed by atoms with E-state index in [4.69, 9.17) is 11.6 Å². The Kier molecular flexibility index (Phi) is 5.62. The Morgan fingerprint density at radius 2 is 2.14 bits per heavy atom. The van der Waals surface area contributed by atoms with Crippen molar-refractivity contribution in [3.8, 4) is 11.4 Å². The van der Waals surface area contributed by atoms with E-state index in [1.165, 1.54) is 0 Å². The van der Waals surface area contributed by atoms with Gasteiger partial charge in [0.05, 0.1) is 17.1 Å². The summed E-state index contributed by atoms with van der Waals surface area (Å²) in [6.45, 7) is 2.47. The van der Waals surface area contributed by atoms with Gasteiger partial charge in [0.15, 0.2) is 17.5 Å². The molecular formula is C20H22ClFN6O. The SMILES string of the molecule is CCNC(=O)[C@H]1CCCCC1Nc1nc(-c2c[nH]c3ncc(Cl)cc23)ncc1F. The first-order valence-corrected chi connectivity index (χ1v) is 10.1. The summed E-state index contributed by atoms with van der Waals surface area (Å²) in [4.78, 5) is 28.2. The number of halogens is 2. The van der Waals surface area contributed by atoms with Crippen molar-refractivity contribution < 1.29 is 9.18 Å². The zero-order chi connectivity index (χ0) is 20.4. The molecule has 0 radical (unpaired) electrons. The van der Waals surface area contributed by atoms with Gasteiger partial charge in [-0.05, 0) is 25.8 Å². The highest BCUT2D eigenvalue weighted by Crippen LogP contribution is 2.30. The number of anilines is 1. The van der Waals surface area contributed by atoms with Gasteiger partial charge in [-0.25, -0.2) is 19.3 Å². The number of carbonyl (C=O) groups is 1. The third kappa shape index (κ3) is 4.03. The van der Waals surface area contributed by atoms with Crippen molar-refractivity contribution in [2.75, 3.05) is 11.9 Å². The Morgan fingerprint density at radius 1 is 1.31 bits per heavy atom. The van der Waals surface area contributed by atoms with E-state index in [0.717, 1.165) is 37.3 Å². The maximum atomic E-state index is 14.5. The second kappa shape index (κ2) is 8.32. The molecule has 29 heavy (non-hydrogen) atoms. The minimum absolute atomic E-state index is 0.00303. The van der Waals surface area contributed by atoms with Gasteiger partial charge in [-0.15, -0.1) is 0 Å². The lowest BCUT2D eigenvalue weighted by Gasteiger charge is -2.31. The molecule has 3 N–H and O–H groups in total. The molecule has 1 fully saturated rings. The third-order valence-electron chi connectivity index (χ3n) is 5.26. The summed E-state index contributed by atoms with van der Waals surface area (Å²) in [5.41, 5.74) is 1.33. The fourth-order valence-electron chi connectivity index (χ4n) is 3.86. The largest absolute Gasteiger partial charge is 0.364 e. The minimum atomic E-state index is -0.551. The van der Waals surface area contributed by atoms with Gasteiger partial charge in [0.1, 0.15) is 5.65 Å². The number of nitrogens with zero attached hydrogens (tertiary/aromatic N) is 3. The average molecular weight is 417 g/mol. The normalized spacial score (nSPS) is 19.3. The number of amides is 1. The van der Waals surface area contributed by atoms with Crippen LogP contribution in [0.2, 0.25) is 5.02 Å². The van der Waals surface area contributed by atoms with E-state index < -0.39 is 5.82 Å². The van der Waals surface area contributed by atoms with E-state index in [0.29, 0.717) is 28.6 Å². The van der Waals surface area contributed by atoms with Crippen LogP contribution in [-0.4, -0.2) is 38.4 Å². The Labute approximate surface area is 172 Å². The molecule has 1 aliphatic rings. The van der Waals surface area contributed by atoms with E-state index in [1.807, 2.05) is 6.92 Å². The quantitative estimate of drug-likeness (QED) is 0.586. The summed E-state index contributed by atoms with van der Waals surface area (Å²) in [6, 6.07) is 1.59. The van der Waals surface area contributed by atoms with Crippen molar-refractivity contribution in [2.45, 2.75) is 38.6 Å².